The Morgan fingerprint density at radius 2 is 1.31 bits per heavy atom. The summed E-state index contributed by atoms with van der Waals surface area (Å²) in [7, 11) is 10.3. The number of methoxy groups -OCH3 is 7. The van der Waals surface area contributed by atoms with Crippen molar-refractivity contribution >= 4 is 5.97 Å². The van der Waals surface area contributed by atoms with E-state index >= 15 is 0 Å². The molecule has 170 valence electrons. The lowest BCUT2D eigenvalue weighted by atomic mass is 9.97. The number of carbonyl (C=O) groups is 1. The lowest BCUT2D eigenvalue weighted by Gasteiger charge is -2.47. The Balaban J connectivity index is 2.31. The first-order valence-electron chi connectivity index (χ1n) is 9.18. The van der Waals surface area contributed by atoms with E-state index in [1.807, 2.05) is 0 Å². The van der Waals surface area contributed by atoms with E-state index in [2.05, 4.69) is 0 Å². The first kappa shape index (κ1) is 24.4. The summed E-state index contributed by atoms with van der Waals surface area (Å²) in [5.41, 5.74) is 0. The summed E-state index contributed by atoms with van der Waals surface area (Å²) in [6.07, 6.45) is -6.65. The summed E-state index contributed by atoms with van der Waals surface area (Å²) in [5, 5.41) is 0. The van der Waals surface area contributed by atoms with Crippen molar-refractivity contribution < 1.29 is 52.2 Å². The van der Waals surface area contributed by atoms with Crippen LogP contribution in [0, 0.1) is 0 Å². The Hall–Kier alpha value is -0.890. The van der Waals surface area contributed by atoms with Gasteiger partial charge in [0, 0.05) is 42.7 Å². The highest BCUT2D eigenvalue weighted by molar-refractivity contribution is 5.75. The summed E-state index contributed by atoms with van der Waals surface area (Å²) in [5.74, 6) is -0.622. The Labute approximate surface area is 170 Å². The molecule has 0 N–H and O–H groups in total. The fraction of sp³-hybridized carbons (Fsp3) is 0.944. The number of carbonyl (C=O) groups excluding carboxylic acids is 1. The first-order chi connectivity index (χ1) is 14.0. The SMILES string of the molecule is COC(=O)C1OC(OC2C(OC)OCC(OC)C2OC)C(OC)C(OC)C1OC. The Bertz CT molecular complexity index is 504. The zero-order chi connectivity index (χ0) is 21.6. The molecule has 2 rings (SSSR count). The summed E-state index contributed by atoms with van der Waals surface area (Å²) in [6, 6.07) is 0. The molecule has 2 aliphatic heterocycles. The quantitative estimate of drug-likeness (QED) is 0.440. The van der Waals surface area contributed by atoms with Gasteiger partial charge in [-0.15, -0.1) is 0 Å². The van der Waals surface area contributed by atoms with Crippen molar-refractivity contribution in [1.82, 2.24) is 0 Å². The molecule has 0 aromatic heterocycles. The minimum atomic E-state index is -1.09. The van der Waals surface area contributed by atoms with Gasteiger partial charge >= 0.3 is 5.97 Å². The minimum Gasteiger partial charge on any atom is -0.467 e. The highest BCUT2D eigenvalue weighted by atomic mass is 16.8. The van der Waals surface area contributed by atoms with Gasteiger partial charge in [0.15, 0.2) is 18.7 Å². The van der Waals surface area contributed by atoms with Crippen LogP contribution in [0.3, 0.4) is 0 Å². The molecule has 2 heterocycles. The normalized spacial score (nSPS) is 40.6. The van der Waals surface area contributed by atoms with Crippen LogP contribution in [-0.2, 0) is 52.2 Å². The van der Waals surface area contributed by atoms with Gasteiger partial charge < -0.3 is 47.4 Å². The Kier molecular flexibility index (Phi) is 9.66. The number of rotatable bonds is 9. The average molecular weight is 424 g/mol. The molecule has 0 bridgehead atoms. The van der Waals surface area contributed by atoms with Gasteiger partial charge in [-0.05, 0) is 0 Å². The molecular formula is C18H32O11. The van der Waals surface area contributed by atoms with Gasteiger partial charge in [0.1, 0.15) is 36.6 Å². The second-order valence-corrected chi connectivity index (χ2v) is 6.56. The van der Waals surface area contributed by atoms with Crippen LogP contribution in [0.1, 0.15) is 0 Å². The molecule has 0 radical (unpaired) electrons. The van der Waals surface area contributed by atoms with Gasteiger partial charge in [-0.3, -0.25) is 0 Å². The van der Waals surface area contributed by atoms with Gasteiger partial charge in [-0.1, -0.05) is 0 Å². The van der Waals surface area contributed by atoms with Crippen molar-refractivity contribution in [3.8, 4) is 0 Å². The second-order valence-electron chi connectivity index (χ2n) is 6.56. The molecule has 2 saturated heterocycles. The van der Waals surface area contributed by atoms with Crippen molar-refractivity contribution in [2.45, 2.75) is 55.3 Å². The van der Waals surface area contributed by atoms with Gasteiger partial charge in [-0.25, -0.2) is 4.79 Å². The largest absolute Gasteiger partial charge is 0.467 e. The molecule has 0 saturated carbocycles. The van der Waals surface area contributed by atoms with Crippen molar-refractivity contribution in [2.75, 3.05) is 56.4 Å². The molecule has 29 heavy (non-hydrogen) atoms. The van der Waals surface area contributed by atoms with Crippen LogP contribution in [0.5, 0.6) is 0 Å². The number of esters is 1. The highest BCUT2D eigenvalue weighted by Gasteiger charge is 2.53. The summed E-state index contributed by atoms with van der Waals surface area (Å²) >= 11 is 0. The third-order valence-electron chi connectivity index (χ3n) is 5.23. The number of ether oxygens (including phenoxy) is 10. The zero-order valence-corrected chi connectivity index (χ0v) is 17.9. The Morgan fingerprint density at radius 3 is 1.79 bits per heavy atom. The molecule has 0 aromatic carbocycles. The van der Waals surface area contributed by atoms with E-state index in [4.69, 9.17) is 47.4 Å². The molecular weight excluding hydrogens is 392 g/mol. The number of hydrogen-bond donors (Lipinski definition) is 0. The van der Waals surface area contributed by atoms with Crippen LogP contribution >= 0.6 is 0 Å². The van der Waals surface area contributed by atoms with Crippen molar-refractivity contribution in [2.24, 2.45) is 0 Å². The van der Waals surface area contributed by atoms with Crippen molar-refractivity contribution in [3.05, 3.63) is 0 Å². The monoisotopic (exact) mass is 424 g/mol. The van der Waals surface area contributed by atoms with Crippen molar-refractivity contribution in [1.29, 1.82) is 0 Å². The van der Waals surface area contributed by atoms with Crippen LogP contribution in [0.25, 0.3) is 0 Å². The minimum absolute atomic E-state index is 0.268. The van der Waals surface area contributed by atoms with E-state index in [-0.39, 0.29) is 12.7 Å². The van der Waals surface area contributed by atoms with Gasteiger partial charge in [-0.2, -0.15) is 0 Å². The van der Waals surface area contributed by atoms with Crippen LogP contribution in [0.4, 0.5) is 0 Å². The van der Waals surface area contributed by atoms with Gasteiger partial charge in [0.05, 0.1) is 13.7 Å². The van der Waals surface area contributed by atoms with E-state index in [9.17, 15) is 4.79 Å². The summed E-state index contributed by atoms with van der Waals surface area (Å²) in [6.45, 7) is 0.268. The van der Waals surface area contributed by atoms with E-state index in [0.717, 1.165) is 0 Å². The topological polar surface area (TPSA) is 109 Å². The molecule has 0 aromatic rings. The van der Waals surface area contributed by atoms with Gasteiger partial charge in [0.2, 0.25) is 0 Å². The summed E-state index contributed by atoms with van der Waals surface area (Å²) < 4.78 is 55.6. The van der Waals surface area contributed by atoms with E-state index in [0.29, 0.717) is 0 Å². The molecule has 9 atom stereocenters. The molecule has 0 amide bonds. The lowest BCUT2D eigenvalue weighted by molar-refractivity contribution is -0.357. The number of hydrogen-bond acceptors (Lipinski definition) is 11. The average Bonchev–Trinajstić information content (AvgIpc) is 2.76. The molecule has 0 spiro atoms. The highest BCUT2D eigenvalue weighted by Crippen LogP contribution is 2.32. The fourth-order valence-electron chi connectivity index (χ4n) is 3.73. The maximum Gasteiger partial charge on any atom is 0.337 e. The van der Waals surface area contributed by atoms with E-state index < -0.39 is 55.2 Å². The van der Waals surface area contributed by atoms with Gasteiger partial charge in [0.25, 0.3) is 0 Å². The maximum absolute atomic E-state index is 12.3. The predicted octanol–water partition coefficient (Wildman–Crippen LogP) is -0.653. The van der Waals surface area contributed by atoms with Crippen LogP contribution in [-0.4, -0.2) is 118 Å². The van der Waals surface area contributed by atoms with E-state index in [1.54, 1.807) is 7.11 Å². The second kappa shape index (κ2) is 11.5. The fourth-order valence-corrected chi connectivity index (χ4v) is 3.73. The first-order valence-corrected chi connectivity index (χ1v) is 9.18. The smallest absolute Gasteiger partial charge is 0.337 e. The van der Waals surface area contributed by atoms with Crippen LogP contribution in [0.2, 0.25) is 0 Å². The third-order valence-corrected chi connectivity index (χ3v) is 5.23. The van der Waals surface area contributed by atoms with Crippen molar-refractivity contribution in [3.63, 3.8) is 0 Å². The third kappa shape index (κ3) is 5.06. The molecule has 2 fully saturated rings. The standard InChI is InChI=1S/C18H32O11/c1-20-9-8-27-17(26-7)15(10(9)21-2)29-18-14(24-5)12(23-4)11(22-3)13(28-18)16(19)25-6/h9-15,17-18H,8H2,1-7H3. The molecule has 2 aliphatic rings. The van der Waals surface area contributed by atoms with Crippen LogP contribution < -0.4 is 0 Å². The summed E-state index contributed by atoms with van der Waals surface area (Å²) in [4.78, 5) is 12.3. The van der Waals surface area contributed by atoms with E-state index in [1.165, 1.54) is 42.7 Å². The zero-order valence-electron chi connectivity index (χ0n) is 17.9. The molecule has 11 nitrogen and oxygen atoms in total. The predicted molar refractivity (Wildman–Crippen MR) is 96.3 cm³/mol. The maximum atomic E-state index is 12.3. The molecule has 9 unspecified atom stereocenters. The Morgan fingerprint density at radius 1 is 0.690 bits per heavy atom. The lowest BCUT2D eigenvalue weighted by Crippen LogP contribution is -2.65. The molecule has 0 aliphatic carbocycles. The van der Waals surface area contributed by atoms with Crippen LogP contribution in [0.15, 0.2) is 0 Å². The molecule has 11 heteroatoms.